The Morgan fingerprint density at radius 1 is 1.05 bits per heavy atom. The van der Waals surface area contributed by atoms with E-state index in [1.54, 1.807) is 25.2 Å². The molecule has 0 spiro atoms. The van der Waals surface area contributed by atoms with Gasteiger partial charge in [0.15, 0.2) is 17.5 Å². The van der Waals surface area contributed by atoms with E-state index in [1.807, 2.05) is 0 Å². The van der Waals surface area contributed by atoms with Crippen LogP contribution >= 0.6 is 11.6 Å². The second-order valence-corrected chi connectivity index (χ2v) is 4.52. The number of nitrogens with one attached hydrogen (secondary N) is 1. The van der Waals surface area contributed by atoms with E-state index in [1.165, 1.54) is 0 Å². The van der Waals surface area contributed by atoms with Crippen LogP contribution < -0.4 is 5.32 Å². The number of halogens is 4. The largest absolute Gasteiger partial charge is 0.316 e. The topological polar surface area (TPSA) is 12.0 Å². The lowest BCUT2D eigenvalue weighted by atomic mass is 9.99. The molecule has 1 N–H and O–H groups in total. The lowest BCUT2D eigenvalue weighted by Crippen LogP contribution is -2.06. The average Bonchev–Trinajstić information content (AvgIpc) is 2.37. The van der Waals surface area contributed by atoms with E-state index >= 15 is 0 Å². The highest BCUT2D eigenvalue weighted by Crippen LogP contribution is 2.29. The van der Waals surface area contributed by atoms with Crippen molar-refractivity contribution in [3.63, 3.8) is 0 Å². The first kappa shape index (κ1) is 13.9. The van der Waals surface area contributed by atoms with Gasteiger partial charge in [0.05, 0.1) is 0 Å². The number of rotatable bonds is 3. The third-order valence-corrected chi connectivity index (χ3v) is 2.97. The molecule has 0 amide bonds. The molecule has 2 aromatic rings. The summed E-state index contributed by atoms with van der Waals surface area (Å²) in [5.74, 6) is -3.91. The van der Waals surface area contributed by atoms with Gasteiger partial charge < -0.3 is 5.32 Å². The van der Waals surface area contributed by atoms with Gasteiger partial charge >= 0.3 is 0 Å². The van der Waals surface area contributed by atoms with Gasteiger partial charge in [-0.05, 0) is 48.0 Å². The van der Waals surface area contributed by atoms with E-state index in [2.05, 4.69) is 5.32 Å². The van der Waals surface area contributed by atoms with Crippen molar-refractivity contribution in [2.75, 3.05) is 7.05 Å². The van der Waals surface area contributed by atoms with Gasteiger partial charge in [-0.3, -0.25) is 0 Å². The molecule has 0 radical (unpaired) electrons. The third-order valence-electron chi connectivity index (χ3n) is 2.73. The molecule has 0 fully saturated rings. The van der Waals surface area contributed by atoms with Gasteiger partial charge in [0.1, 0.15) is 0 Å². The molecule has 2 aromatic carbocycles. The molecule has 5 heteroatoms. The summed E-state index contributed by atoms with van der Waals surface area (Å²) < 4.78 is 39.5. The summed E-state index contributed by atoms with van der Waals surface area (Å²) in [7, 11) is 1.75. The molecule has 2 rings (SSSR count). The van der Waals surface area contributed by atoms with E-state index in [0.29, 0.717) is 17.1 Å². The Morgan fingerprint density at radius 3 is 2.26 bits per heavy atom. The second-order valence-electron chi connectivity index (χ2n) is 4.09. The summed E-state index contributed by atoms with van der Waals surface area (Å²) in [6.45, 7) is 0.507. The molecule has 19 heavy (non-hydrogen) atoms. The quantitative estimate of drug-likeness (QED) is 0.836. The normalized spacial score (nSPS) is 10.8. The third kappa shape index (κ3) is 2.91. The minimum absolute atomic E-state index is 0.254. The Morgan fingerprint density at radius 2 is 1.68 bits per heavy atom. The smallest absolute Gasteiger partial charge is 0.194 e. The van der Waals surface area contributed by atoms with Crippen molar-refractivity contribution in [1.82, 2.24) is 5.32 Å². The highest BCUT2D eigenvalue weighted by molar-refractivity contribution is 6.30. The van der Waals surface area contributed by atoms with E-state index in [4.69, 9.17) is 11.6 Å². The molecule has 0 bridgehead atoms. The van der Waals surface area contributed by atoms with E-state index in [9.17, 15) is 13.2 Å². The molecule has 100 valence electrons. The van der Waals surface area contributed by atoms with Gasteiger partial charge in [-0.15, -0.1) is 0 Å². The molecule has 0 saturated heterocycles. The van der Waals surface area contributed by atoms with Crippen LogP contribution in [0.4, 0.5) is 13.2 Å². The minimum atomic E-state index is -1.47. The highest BCUT2D eigenvalue weighted by atomic mass is 35.5. The summed E-state index contributed by atoms with van der Waals surface area (Å²) in [5.41, 5.74) is 1.64. The molecular weight excluding hydrogens is 275 g/mol. The van der Waals surface area contributed by atoms with Crippen LogP contribution in [0.15, 0.2) is 30.3 Å². The van der Waals surface area contributed by atoms with Crippen molar-refractivity contribution in [2.24, 2.45) is 0 Å². The highest BCUT2D eigenvalue weighted by Gasteiger charge is 2.13. The SMILES string of the molecule is CNCc1ccc(Cl)cc1-c1cc(F)c(F)c(F)c1. The van der Waals surface area contributed by atoms with Gasteiger partial charge in [0.2, 0.25) is 0 Å². The van der Waals surface area contributed by atoms with Crippen molar-refractivity contribution in [2.45, 2.75) is 6.54 Å². The molecular formula is C14H11ClF3N. The number of hydrogen-bond acceptors (Lipinski definition) is 1. The van der Waals surface area contributed by atoms with Gasteiger partial charge in [-0.1, -0.05) is 17.7 Å². The zero-order chi connectivity index (χ0) is 14.0. The first-order valence-corrected chi connectivity index (χ1v) is 5.98. The lowest BCUT2D eigenvalue weighted by molar-refractivity contribution is 0.447. The fourth-order valence-corrected chi connectivity index (χ4v) is 2.05. The molecule has 0 aliphatic rings. The van der Waals surface area contributed by atoms with Crippen molar-refractivity contribution in [3.05, 3.63) is 58.4 Å². The Bertz CT molecular complexity index is 591. The van der Waals surface area contributed by atoms with Crippen molar-refractivity contribution < 1.29 is 13.2 Å². The number of benzene rings is 2. The molecule has 0 heterocycles. The Balaban J connectivity index is 2.60. The van der Waals surface area contributed by atoms with Crippen LogP contribution in [0.5, 0.6) is 0 Å². The first-order chi connectivity index (χ1) is 9.02. The van der Waals surface area contributed by atoms with Crippen LogP contribution in [0.2, 0.25) is 5.02 Å². The maximum absolute atomic E-state index is 13.3. The Hall–Kier alpha value is -1.52. The van der Waals surface area contributed by atoms with Gasteiger partial charge in [-0.25, -0.2) is 13.2 Å². The fourth-order valence-electron chi connectivity index (χ4n) is 1.87. The zero-order valence-electron chi connectivity index (χ0n) is 10.1. The van der Waals surface area contributed by atoms with E-state index in [-0.39, 0.29) is 5.56 Å². The van der Waals surface area contributed by atoms with E-state index < -0.39 is 17.5 Å². The summed E-state index contributed by atoms with van der Waals surface area (Å²) >= 11 is 5.90. The minimum Gasteiger partial charge on any atom is -0.316 e. The molecule has 0 aliphatic heterocycles. The van der Waals surface area contributed by atoms with Crippen LogP contribution in [0.1, 0.15) is 5.56 Å². The van der Waals surface area contributed by atoms with Crippen molar-refractivity contribution >= 4 is 11.6 Å². The Kier molecular flexibility index (Phi) is 4.12. The molecule has 0 aliphatic carbocycles. The van der Waals surface area contributed by atoms with Gasteiger partial charge in [0, 0.05) is 11.6 Å². The maximum Gasteiger partial charge on any atom is 0.194 e. The van der Waals surface area contributed by atoms with Crippen LogP contribution in [0.25, 0.3) is 11.1 Å². The summed E-state index contributed by atoms with van der Waals surface area (Å²) in [6.07, 6.45) is 0. The van der Waals surface area contributed by atoms with Gasteiger partial charge in [-0.2, -0.15) is 0 Å². The zero-order valence-corrected chi connectivity index (χ0v) is 10.9. The molecule has 0 aromatic heterocycles. The lowest BCUT2D eigenvalue weighted by Gasteiger charge is -2.11. The molecule has 1 nitrogen and oxygen atoms in total. The average molecular weight is 286 g/mol. The van der Waals surface area contributed by atoms with Crippen LogP contribution in [-0.4, -0.2) is 7.05 Å². The monoisotopic (exact) mass is 285 g/mol. The predicted octanol–water partition coefficient (Wildman–Crippen LogP) is 4.14. The summed E-state index contributed by atoms with van der Waals surface area (Å²) in [5, 5.41) is 3.39. The maximum atomic E-state index is 13.3. The van der Waals surface area contributed by atoms with Crippen molar-refractivity contribution in [3.8, 4) is 11.1 Å². The van der Waals surface area contributed by atoms with Crippen LogP contribution in [0, 0.1) is 17.5 Å². The molecule has 0 atom stereocenters. The van der Waals surface area contributed by atoms with E-state index in [0.717, 1.165) is 17.7 Å². The standard InChI is InChI=1S/C14H11ClF3N/c1-19-7-8-2-3-10(15)6-11(8)9-4-12(16)14(18)13(17)5-9/h2-6,19H,7H2,1H3. The van der Waals surface area contributed by atoms with Crippen molar-refractivity contribution in [1.29, 1.82) is 0 Å². The Labute approximate surface area is 114 Å². The molecule has 0 saturated carbocycles. The summed E-state index contributed by atoms with van der Waals surface area (Å²) in [4.78, 5) is 0. The fraction of sp³-hybridized carbons (Fsp3) is 0.143. The van der Waals surface area contributed by atoms with Crippen LogP contribution in [0.3, 0.4) is 0 Å². The predicted molar refractivity (Wildman–Crippen MR) is 69.5 cm³/mol. The second kappa shape index (κ2) is 5.63. The van der Waals surface area contributed by atoms with Crippen LogP contribution in [-0.2, 0) is 6.54 Å². The summed E-state index contributed by atoms with van der Waals surface area (Å²) in [6, 6.07) is 6.97. The first-order valence-electron chi connectivity index (χ1n) is 5.61. The number of hydrogen-bond donors (Lipinski definition) is 1. The van der Waals surface area contributed by atoms with Gasteiger partial charge in [0.25, 0.3) is 0 Å². The molecule has 0 unspecified atom stereocenters.